The van der Waals surface area contributed by atoms with Gasteiger partial charge in [0.15, 0.2) is 11.5 Å². The number of ether oxygens (including phenoxy) is 3. The Balaban J connectivity index is 1.41. The Morgan fingerprint density at radius 1 is 1.10 bits per heavy atom. The molecule has 2 aromatic carbocycles. The van der Waals surface area contributed by atoms with Crippen molar-refractivity contribution < 1.29 is 23.8 Å². The van der Waals surface area contributed by atoms with E-state index in [1.807, 2.05) is 17.5 Å². The van der Waals surface area contributed by atoms with Gasteiger partial charge in [0.1, 0.15) is 5.75 Å². The number of para-hydroxylation sites is 1. The summed E-state index contributed by atoms with van der Waals surface area (Å²) in [6, 6.07) is 15.5. The number of hydrazone groups is 1. The monoisotopic (exact) mass is 408 g/mol. The first-order chi connectivity index (χ1) is 14.2. The Bertz CT molecular complexity index is 1060. The van der Waals surface area contributed by atoms with E-state index in [9.17, 15) is 9.59 Å². The molecule has 29 heavy (non-hydrogen) atoms. The fraction of sp³-hybridized carbons (Fsp3) is 0.0952. The van der Waals surface area contributed by atoms with E-state index in [1.165, 1.54) is 17.6 Å². The summed E-state index contributed by atoms with van der Waals surface area (Å²) < 4.78 is 16.0. The lowest BCUT2D eigenvalue weighted by Crippen LogP contribution is -2.19. The minimum absolute atomic E-state index is 0.130. The van der Waals surface area contributed by atoms with E-state index < -0.39 is 5.97 Å². The third-order valence-corrected chi connectivity index (χ3v) is 4.91. The molecule has 8 heteroatoms. The van der Waals surface area contributed by atoms with Crippen molar-refractivity contribution >= 4 is 29.4 Å². The van der Waals surface area contributed by atoms with E-state index in [0.29, 0.717) is 28.4 Å². The molecule has 4 rings (SSSR count). The van der Waals surface area contributed by atoms with Crippen molar-refractivity contribution in [1.82, 2.24) is 5.43 Å². The van der Waals surface area contributed by atoms with Gasteiger partial charge in [-0.25, -0.2) is 10.2 Å². The molecule has 0 spiro atoms. The minimum atomic E-state index is -0.536. The van der Waals surface area contributed by atoms with Gasteiger partial charge in [-0.05, 0) is 41.8 Å². The van der Waals surface area contributed by atoms with E-state index in [1.54, 1.807) is 42.5 Å². The molecule has 0 atom stereocenters. The first-order valence-corrected chi connectivity index (χ1v) is 9.62. The van der Waals surface area contributed by atoms with Crippen molar-refractivity contribution in [3.63, 3.8) is 0 Å². The Hall–Kier alpha value is -3.65. The molecule has 0 radical (unpaired) electrons. The molecule has 0 fully saturated rings. The lowest BCUT2D eigenvalue weighted by atomic mass is 10.2. The van der Waals surface area contributed by atoms with Crippen LogP contribution < -0.4 is 19.6 Å². The fourth-order valence-electron chi connectivity index (χ4n) is 2.65. The number of rotatable bonds is 6. The molecule has 0 saturated carbocycles. The third kappa shape index (κ3) is 4.61. The Kier molecular flexibility index (Phi) is 5.53. The molecule has 0 aliphatic carbocycles. The molecule has 0 bridgehead atoms. The topological polar surface area (TPSA) is 86.2 Å². The maximum absolute atomic E-state index is 12.5. The summed E-state index contributed by atoms with van der Waals surface area (Å²) in [7, 11) is 0. The van der Waals surface area contributed by atoms with Gasteiger partial charge in [0.2, 0.25) is 12.7 Å². The van der Waals surface area contributed by atoms with Crippen molar-refractivity contribution in [3.8, 4) is 17.2 Å². The average molecular weight is 408 g/mol. The molecule has 1 aliphatic rings. The van der Waals surface area contributed by atoms with Crippen LogP contribution in [0, 0.1) is 0 Å². The zero-order valence-electron chi connectivity index (χ0n) is 15.2. The Morgan fingerprint density at radius 3 is 2.83 bits per heavy atom. The smallest absolute Gasteiger partial charge is 0.343 e. The zero-order chi connectivity index (χ0) is 20.1. The van der Waals surface area contributed by atoms with E-state index in [0.717, 1.165) is 4.88 Å². The number of carbonyl (C=O) groups is 2. The number of nitrogens with zero attached hydrogens (tertiary/aromatic N) is 1. The number of hydrogen-bond donors (Lipinski definition) is 1. The number of thiophene rings is 1. The molecule has 1 N–H and O–H groups in total. The highest BCUT2D eigenvalue weighted by atomic mass is 32.1. The predicted octanol–water partition coefficient (Wildman–Crippen LogP) is 3.39. The number of esters is 1. The summed E-state index contributed by atoms with van der Waals surface area (Å²) in [5.41, 5.74) is 3.37. The van der Waals surface area contributed by atoms with Crippen molar-refractivity contribution in [1.29, 1.82) is 0 Å². The molecule has 1 amide bonds. The first-order valence-electron chi connectivity index (χ1n) is 8.74. The molecule has 1 aliphatic heterocycles. The molecule has 3 aromatic rings. The van der Waals surface area contributed by atoms with Gasteiger partial charge in [-0.15, -0.1) is 11.3 Å². The number of amides is 1. The summed E-state index contributed by atoms with van der Waals surface area (Å²) in [5, 5.41) is 5.88. The van der Waals surface area contributed by atoms with Crippen LogP contribution in [0.2, 0.25) is 0 Å². The van der Waals surface area contributed by atoms with Gasteiger partial charge in [-0.3, -0.25) is 4.79 Å². The molecule has 2 heterocycles. The van der Waals surface area contributed by atoms with Crippen LogP contribution in [0.25, 0.3) is 0 Å². The lowest BCUT2D eigenvalue weighted by Gasteiger charge is -2.08. The number of benzene rings is 2. The standard InChI is InChI=1S/C21H16N2O5S/c24-20(11-16-5-3-9-29-16)23-22-12-15-4-1-2-6-17(15)28-21(25)14-7-8-18-19(10-14)27-13-26-18/h1-10,12H,11,13H2,(H,23,24)/b22-12-. The van der Waals surface area contributed by atoms with Crippen LogP contribution in [0.4, 0.5) is 0 Å². The van der Waals surface area contributed by atoms with Crippen LogP contribution >= 0.6 is 11.3 Å². The van der Waals surface area contributed by atoms with Crippen LogP contribution in [0.3, 0.4) is 0 Å². The van der Waals surface area contributed by atoms with Crippen molar-refractivity contribution in [2.75, 3.05) is 6.79 Å². The van der Waals surface area contributed by atoms with Crippen LogP contribution in [0.1, 0.15) is 20.8 Å². The van der Waals surface area contributed by atoms with Gasteiger partial charge in [-0.2, -0.15) is 5.10 Å². The highest BCUT2D eigenvalue weighted by Crippen LogP contribution is 2.32. The molecule has 1 aromatic heterocycles. The summed E-state index contributed by atoms with van der Waals surface area (Å²) in [6.45, 7) is 0.130. The minimum Gasteiger partial charge on any atom is -0.454 e. The zero-order valence-corrected chi connectivity index (χ0v) is 16.0. The number of nitrogens with one attached hydrogen (secondary N) is 1. The van der Waals surface area contributed by atoms with Crippen molar-refractivity contribution in [3.05, 3.63) is 76.0 Å². The normalized spacial score (nSPS) is 12.1. The number of hydrogen-bond acceptors (Lipinski definition) is 7. The fourth-order valence-corrected chi connectivity index (χ4v) is 3.35. The quantitative estimate of drug-likeness (QED) is 0.292. The van der Waals surface area contributed by atoms with E-state index in [4.69, 9.17) is 14.2 Å². The lowest BCUT2D eigenvalue weighted by molar-refractivity contribution is -0.120. The van der Waals surface area contributed by atoms with Gasteiger partial charge in [0, 0.05) is 10.4 Å². The van der Waals surface area contributed by atoms with E-state index in [2.05, 4.69) is 10.5 Å². The summed E-state index contributed by atoms with van der Waals surface area (Å²) in [6.07, 6.45) is 1.70. The first kappa shape index (κ1) is 18.7. The Labute approximate surface area is 170 Å². The van der Waals surface area contributed by atoms with Crippen LogP contribution in [-0.2, 0) is 11.2 Å². The molecule has 146 valence electrons. The number of carbonyl (C=O) groups excluding carboxylic acids is 2. The second-order valence-corrected chi connectivity index (χ2v) is 7.08. The molecule has 0 saturated heterocycles. The van der Waals surface area contributed by atoms with E-state index in [-0.39, 0.29) is 19.1 Å². The third-order valence-electron chi connectivity index (χ3n) is 4.04. The van der Waals surface area contributed by atoms with Crippen LogP contribution in [0.5, 0.6) is 17.2 Å². The second kappa shape index (κ2) is 8.57. The van der Waals surface area contributed by atoms with Gasteiger partial charge in [0.25, 0.3) is 0 Å². The Morgan fingerprint density at radius 2 is 1.97 bits per heavy atom. The van der Waals surface area contributed by atoms with Gasteiger partial charge in [-0.1, -0.05) is 18.2 Å². The highest BCUT2D eigenvalue weighted by Gasteiger charge is 2.18. The van der Waals surface area contributed by atoms with Gasteiger partial charge >= 0.3 is 5.97 Å². The molecule has 7 nitrogen and oxygen atoms in total. The van der Waals surface area contributed by atoms with Crippen LogP contribution in [0.15, 0.2) is 65.1 Å². The SMILES string of the molecule is O=C(Cc1cccs1)N/N=C\c1ccccc1OC(=O)c1ccc2c(c1)OCO2. The second-order valence-electron chi connectivity index (χ2n) is 6.04. The summed E-state index contributed by atoms with van der Waals surface area (Å²) in [5.74, 6) is 0.658. The summed E-state index contributed by atoms with van der Waals surface area (Å²) >= 11 is 1.51. The van der Waals surface area contributed by atoms with Crippen molar-refractivity contribution in [2.24, 2.45) is 5.10 Å². The molecular weight excluding hydrogens is 392 g/mol. The van der Waals surface area contributed by atoms with Crippen molar-refractivity contribution in [2.45, 2.75) is 6.42 Å². The molecular formula is C21H16N2O5S. The molecule has 0 unspecified atom stereocenters. The number of fused-ring (bicyclic) bond motifs is 1. The summed E-state index contributed by atoms with van der Waals surface area (Å²) in [4.78, 5) is 25.4. The van der Waals surface area contributed by atoms with Gasteiger partial charge in [0.05, 0.1) is 18.2 Å². The maximum atomic E-state index is 12.5. The predicted molar refractivity (Wildman–Crippen MR) is 108 cm³/mol. The highest BCUT2D eigenvalue weighted by molar-refractivity contribution is 7.10. The van der Waals surface area contributed by atoms with Gasteiger partial charge < -0.3 is 14.2 Å². The van der Waals surface area contributed by atoms with Crippen LogP contribution in [-0.4, -0.2) is 24.9 Å². The average Bonchev–Trinajstić information content (AvgIpc) is 3.40. The largest absolute Gasteiger partial charge is 0.454 e. The van der Waals surface area contributed by atoms with E-state index >= 15 is 0 Å². The maximum Gasteiger partial charge on any atom is 0.343 e.